The van der Waals surface area contributed by atoms with Crippen LogP contribution >= 0.6 is 0 Å². The molecule has 2 aromatic rings. The summed E-state index contributed by atoms with van der Waals surface area (Å²) in [6.45, 7) is 4.09. The van der Waals surface area contributed by atoms with Crippen LogP contribution in [0.25, 0.3) is 0 Å². The molecule has 0 unspecified atom stereocenters. The summed E-state index contributed by atoms with van der Waals surface area (Å²) in [5.41, 5.74) is 0.941. The lowest BCUT2D eigenvalue weighted by molar-refractivity contribution is 0.0657. The van der Waals surface area contributed by atoms with Crippen molar-refractivity contribution >= 4 is 11.9 Å². The number of amides is 1. The standard InChI is InChI=1S/C20H27N5O4/c1-21-20(23-15-16-5-3-7-22-18(16)29-14-13-27-2)25-10-8-24(9-11-25)19(26)17-6-4-12-28-17/h3-7,12H,8-11,13-15H2,1-2H3,(H,21,23). The van der Waals surface area contributed by atoms with E-state index in [0.717, 1.165) is 11.5 Å². The Hall–Kier alpha value is -3.07. The third-order valence-corrected chi connectivity index (χ3v) is 4.62. The predicted molar refractivity (Wildman–Crippen MR) is 108 cm³/mol. The highest BCUT2D eigenvalue weighted by Crippen LogP contribution is 2.14. The topological polar surface area (TPSA) is 92.4 Å². The van der Waals surface area contributed by atoms with Crippen LogP contribution in [0.15, 0.2) is 46.1 Å². The second kappa shape index (κ2) is 10.5. The summed E-state index contributed by atoms with van der Waals surface area (Å²) in [5.74, 6) is 1.66. The number of aliphatic imine (C=N–C) groups is 1. The number of rotatable bonds is 7. The van der Waals surface area contributed by atoms with Crippen molar-refractivity contribution < 1.29 is 18.7 Å². The fraction of sp³-hybridized carbons (Fsp3) is 0.450. The van der Waals surface area contributed by atoms with Crippen LogP contribution in [0.2, 0.25) is 0 Å². The number of furan rings is 1. The van der Waals surface area contributed by atoms with Crippen LogP contribution in [0.3, 0.4) is 0 Å². The summed E-state index contributed by atoms with van der Waals surface area (Å²) in [4.78, 5) is 25.0. The summed E-state index contributed by atoms with van der Waals surface area (Å²) in [7, 11) is 3.39. The first-order chi connectivity index (χ1) is 14.2. The molecule has 0 radical (unpaired) electrons. The highest BCUT2D eigenvalue weighted by Gasteiger charge is 2.25. The first-order valence-corrected chi connectivity index (χ1v) is 9.57. The van der Waals surface area contributed by atoms with Gasteiger partial charge in [-0.2, -0.15) is 0 Å². The number of carbonyl (C=O) groups is 1. The largest absolute Gasteiger partial charge is 0.475 e. The number of hydrogen-bond donors (Lipinski definition) is 1. The number of ether oxygens (including phenoxy) is 2. The molecule has 1 saturated heterocycles. The molecule has 3 heterocycles. The van der Waals surface area contributed by atoms with Crippen LogP contribution in [0, 0.1) is 0 Å². The molecule has 3 rings (SSSR count). The van der Waals surface area contributed by atoms with Gasteiger partial charge in [-0.15, -0.1) is 0 Å². The summed E-state index contributed by atoms with van der Waals surface area (Å²) in [6, 6.07) is 7.26. The van der Waals surface area contributed by atoms with Gasteiger partial charge in [0.1, 0.15) is 6.61 Å². The van der Waals surface area contributed by atoms with Crippen molar-refractivity contribution in [1.82, 2.24) is 20.1 Å². The third kappa shape index (κ3) is 5.47. The summed E-state index contributed by atoms with van der Waals surface area (Å²) in [5, 5.41) is 3.36. The Bertz CT molecular complexity index is 801. The van der Waals surface area contributed by atoms with E-state index < -0.39 is 0 Å². The molecule has 156 valence electrons. The van der Waals surface area contributed by atoms with Crippen molar-refractivity contribution in [2.45, 2.75) is 6.54 Å². The first kappa shape index (κ1) is 20.7. The summed E-state index contributed by atoms with van der Waals surface area (Å²) < 4.78 is 15.9. The number of nitrogens with zero attached hydrogens (tertiary/aromatic N) is 4. The number of piperazine rings is 1. The van der Waals surface area contributed by atoms with Gasteiger partial charge in [-0.25, -0.2) is 4.98 Å². The predicted octanol–water partition coefficient (Wildman–Crippen LogP) is 1.23. The molecule has 2 aromatic heterocycles. The van der Waals surface area contributed by atoms with Crippen LogP contribution in [-0.2, 0) is 11.3 Å². The Morgan fingerprint density at radius 2 is 2.00 bits per heavy atom. The van der Waals surface area contributed by atoms with Gasteiger partial charge < -0.3 is 29.0 Å². The van der Waals surface area contributed by atoms with Crippen LogP contribution in [0.4, 0.5) is 0 Å². The van der Waals surface area contributed by atoms with E-state index in [-0.39, 0.29) is 5.91 Å². The van der Waals surface area contributed by atoms with Gasteiger partial charge in [0.25, 0.3) is 5.91 Å². The SMILES string of the molecule is CN=C(NCc1cccnc1OCCOC)N1CCN(C(=O)c2ccco2)CC1. The van der Waals surface area contributed by atoms with Crippen molar-refractivity contribution in [2.75, 3.05) is 53.6 Å². The molecule has 1 aliphatic rings. The number of methoxy groups -OCH3 is 1. The molecule has 1 aliphatic heterocycles. The molecule has 0 aromatic carbocycles. The molecule has 9 heteroatoms. The average molecular weight is 401 g/mol. The van der Waals surface area contributed by atoms with Crippen molar-refractivity contribution in [3.63, 3.8) is 0 Å². The molecule has 0 aliphatic carbocycles. The molecule has 0 atom stereocenters. The number of pyridine rings is 1. The van der Waals surface area contributed by atoms with Gasteiger partial charge in [-0.05, 0) is 18.2 Å². The van der Waals surface area contributed by atoms with E-state index >= 15 is 0 Å². The quantitative estimate of drug-likeness (QED) is 0.424. The molecular weight excluding hydrogens is 374 g/mol. The minimum atomic E-state index is -0.0780. The maximum atomic E-state index is 12.4. The van der Waals surface area contributed by atoms with Crippen LogP contribution in [0.1, 0.15) is 16.1 Å². The van der Waals surface area contributed by atoms with Crippen molar-refractivity contribution in [3.05, 3.63) is 48.0 Å². The van der Waals surface area contributed by atoms with E-state index in [2.05, 4.69) is 20.2 Å². The Balaban J connectivity index is 1.52. The zero-order chi connectivity index (χ0) is 20.5. The molecule has 29 heavy (non-hydrogen) atoms. The second-order valence-corrected chi connectivity index (χ2v) is 6.47. The minimum absolute atomic E-state index is 0.0780. The Labute approximate surface area is 170 Å². The number of guanidine groups is 1. The minimum Gasteiger partial charge on any atom is -0.475 e. The number of nitrogens with one attached hydrogen (secondary N) is 1. The highest BCUT2D eigenvalue weighted by atomic mass is 16.5. The lowest BCUT2D eigenvalue weighted by Gasteiger charge is -2.36. The van der Waals surface area contributed by atoms with Crippen LogP contribution in [0.5, 0.6) is 5.88 Å². The summed E-state index contributed by atoms with van der Waals surface area (Å²) >= 11 is 0. The molecular formula is C20H27N5O4. The van der Waals surface area contributed by atoms with Gasteiger partial charge >= 0.3 is 0 Å². The number of carbonyl (C=O) groups excluding carboxylic acids is 1. The van der Waals surface area contributed by atoms with Crippen LogP contribution < -0.4 is 10.1 Å². The van der Waals surface area contributed by atoms with E-state index in [0.29, 0.717) is 57.6 Å². The van der Waals surface area contributed by atoms with E-state index in [1.54, 1.807) is 37.4 Å². The zero-order valence-electron chi connectivity index (χ0n) is 16.8. The number of hydrogen-bond acceptors (Lipinski definition) is 6. The van der Waals surface area contributed by atoms with Gasteiger partial charge in [-0.3, -0.25) is 9.79 Å². The molecule has 1 fully saturated rings. The maximum Gasteiger partial charge on any atom is 0.289 e. The van der Waals surface area contributed by atoms with Crippen molar-refractivity contribution in [1.29, 1.82) is 0 Å². The van der Waals surface area contributed by atoms with Gasteiger partial charge in [0.2, 0.25) is 5.88 Å². The number of aromatic nitrogens is 1. The second-order valence-electron chi connectivity index (χ2n) is 6.47. The van der Waals surface area contributed by atoms with Gasteiger partial charge in [0, 0.05) is 58.6 Å². The smallest absolute Gasteiger partial charge is 0.289 e. The molecule has 0 bridgehead atoms. The van der Waals surface area contributed by atoms with Gasteiger partial charge in [0.15, 0.2) is 11.7 Å². The van der Waals surface area contributed by atoms with Gasteiger partial charge in [-0.1, -0.05) is 6.07 Å². The highest BCUT2D eigenvalue weighted by molar-refractivity contribution is 5.91. The Kier molecular flexibility index (Phi) is 7.46. The molecule has 0 spiro atoms. The normalized spacial score (nSPS) is 14.8. The Morgan fingerprint density at radius 3 is 2.69 bits per heavy atom. The summed E-state index contributed by atoms with van der Waals surface area (Å²) in [6.07, 6.45) is 3.22. The Morgan fingerprint density at radius 1 is 1.21 bits per heavy atom. The van der Waals surface area contributed by atoms with E-state index in [9.17, 15) is 4.79 Å². The molecule has 1 amide bonds. The first-order valence-electron chi connectivity index (χ1n) is 9.57. The lowest BCUT2D eigenvalue weighted by Crippen LogP contribution is -2.53. The van der Waals surface area contributed by atoms with E-state index in [1.165, 1.54) is 6.26 Å². The fourth-order valence-corrected chi connectivity index (χ4v) is 3.09. The maximum absolute atomic E-state index is 12.4. The van der Waals surface area contributed by atoms with Crippen molar-refractivity contribution in [2.24, 2.45) is 4.99 Å². The van der Waals surface area contributed by atoms with E-state index in [4.69, 9.17) is 13.9 Å². The zero-order valence-corrected chi connectivity index (χ0v) is 16.8. The average Bonchev–Trinajstić information content (AvgIpc) is 3.30. The van der Waals surface area contributed by atoms with E-state index in [1.807, 2.05) is 12.1 Å². The van der Waals surface area contributed by atoms with Gasteiger partial charge in [0.05, 0.1) is 12.9 Å². The van der Waals surface area contributed by atoms with Crippen LogP contribution in [-0.4, -0.2) is 80.2 Å². The molecule has 1 N–H and O–H groups in total. The molecule has 9 nitrogen and oxygen atoms in total. The lowest BCUT2D eigenvalue weighted by atomic mass is 10.2. The monoisotopic (exact) mass is 401 g/mol. The van der Waals surface area contributed by atoms with Crippen molar-refractivity contribution in [3.8, 4) is 5.88 Å². The third-order valence-electron chi connectivity index (χ3n) is 4.62. The fourth-order valence-electron chi connectivity index (χ4n) is 3.09. The molecule has 0 saturated carbocycles.